The number of nitrogens with one attached hydrogen (secondary N) is 1. The molecule has 1 saturated carbocycles. The minimum Gasteiger partial charge on any atom is -0.484 e. The number of rotatable bonds is 5. The zero-order chi connectivity index (χ0) is 17.9. The lowest BCUT2D eigenvalue weighted by Gasteiger charge is -2.23. The highest BCUT2D eigenvalue weighted by molar-refractivity contribution is 6.30. The van der Waals surface area contributed by atoms with Crippen LogP contribution in [-0.2, 0) is 11.2 Å². The molecule has 6 heteroatoms. The summed E-state index contributed by atoms with van der Waals surface area (Å²) in [4.78, 5) is 13.3. The van der Waals surface area contributed by atoms with Gasteiger partial charge in [-0.15, -0.1) is 0 Å². The minimum absolute atomic E-state index is 0.0791. The molecular weight excluding hydrogens is 348 g/mol. The molecule has 2 aromatic rings. The Bertz CT molecular complexity index is 843. The molecule has 0 radical (unpaired) electrons. The molecule has 1 unspecified atom stereocenters. The van der Waals surface area contributed by atoms with Crippen LogP contribution in [0, 0.1) is 0 Å². The van der Waals surface area contributed by atoms with Crippen LogP contribution in [-0.4, -0.2) is 29.0 Å². The second kappa shape index (κ2) is 7.46. The lowest BCUT2D eigenvalue weighted by molar-refractivity contribution is 0.378. The van der Waals surface area contributed by atoms with Crippen molar-refractivity contribution in [1.29, 1.82) is 0 Å². The summed E-state index contributed by atoms with van der Waals surface area (Å²) in [5.74, 6) is 1.51. The number of halogens is 1. The topological polar surface area (TPSA) is 59.4 Å². The van der Waals surface area contributed by atoms with Gasteiger partial charge in [0.15, 0.2) is 5.90 Å². The van der Waals surface area contributed by atoms with Crippen LogP contribution >= 0.6 is 11.6 Å². The van der Waals surface area contributed by atoms with E-state index in [1.807, 2.05) is 36.8 Å². The number of hydrogen-bond donors (Lipinski definition) is 1. The minimum atomic E-state index is 0.0791. The van der Waals surface area contributed by atoms with Crippen LogP contribution in [0.2, 0.25) is 5.02 Å². The number of nitrogens with zero attached hydrogens (tertiary/aromatic N) is 3. The summed E-state index contributed by atoms with van der Waals surface area (Å²) >= 11 is 6.16. The normalized spacial score (nSPS) is 19.5. The van der Waals surface area contributed by atoms with Crippen LogP contribution in [0.3, 0.4) is 0 Å². The third kappa shape index (κ3) is 4.05. The predicted molar refractivity (Wildman–Crippen MR) is 104 cm³/mol. The maximum absolute atomic E-state index is 6.16. The maximum atomic E-state index is 6.16. The van der Waals surface area contributed by atoms with Crippen LogP contribution in [0.5, 0.6) is 0 Å². The summed E-state index contributed by atoms with van der Waals surface area (Å²) < 4.78 is 5.48. The van der Waals surface area contributed by atoms with Crippen molar-refractivity contribution < 1.29 is 4.74 Å². The Labute approximate surface area is 158 Å². The van der Waals surface area contributed by atoms with Crippen molar-refractivity contribution in [2.45, 2.75) is 37.6 Å². The zero-order valence-corrected chi connectivity index (χ0v) is 15.4. The monoisotopic (exact) mass is 368 g/mol. The zero-order valence-electron chi connectivity index (χ0n) is 14.7. The first kappa shape index (κ1) is 17.0. The fourth-order valence-corrected chi connectivity index (χ4v) is 3.34. The summed E-state index contributed by atoms with van der Waals surface area (Å²) in [5, 5.41) is 4.03. The SMILES string of the molecule is COC1=NC=C(Cc2cnc(NC3CC3)nc2)CC1c1cccc(Cl)c1. The van der Waals surface area contributed by atoms with Crippen molar-refractivity contribution >= 4 is 23.4 Å². The molecule has 0 bridgehead atoms. The maximum Gasteiger partial charge on any atom is 0.222 e. The molecule has 2 heterocycles. The van der Waals surface area contributed by atoms with Gasteiger partial charge >= 0.3 is 0 Å². The summed E-state index contributed by atoms with van der Waals surface area (Å²) in [7, 11) is 1.66. The summed E-state index contributed by atoms with van der Waals surface area (Å²) in [6.07, 6.45) is 9.73. The van der Waals surface area contributed by atoms with Gasteiger partial charge in [0.05, 0.1) is 13.0 Å². The van der Waals surface area contributed by atoms with E-state index in [0.29, 0.717) is 12.0 Å². The second-order valence-corrected chi connectivity index (χ2v) is 7.22. The number of aliphatic imine (C=N–C) groups is 1. The Morgan fingerprint density at radius 1 is 1.23 bits per heavy atom. The molecule has 5 nitrogen and oxygen atoms in total. The highest BCUT2D eigenvalue weighted by atomic mass is 35.5. The van der Waals surface area contributed by atoms with Gasteiger partial charge in [-0.25, -0.2) is 15.0 Å². The Kier molecular flexibility index (Phi) is 4.89. The van der Waals surface area contributed by atoms with E-state index in [9.17, 15) is 0 Å². The number of methoxy groups -OCH3 is 1. The third-order valence-electron chi connectivity index (χ3n) is 4.65. The number of ether oxygens (including phenoxy) is 1. The molecule has 1 aliphatic heterocycles. The third-order valence-corrected chi connectivity index (χ3v) is 4.88. The molecule has 4 rings (SSSR count). The van der Waals surface area contributed by atoms with E-state index in [4.69, 9.17) is 16.3 Å². The fourth-order valence-electron chi connectivity index (χ4n) is 3.14. The first-order valence-corrected chi connectivity index (χ1v) is 9.21. The molecule has 1 atom stereocenters. The van der Waals surface area contributed by atoms with Crippen molar-refractivity contribution in [2.75, 3.05) is 12.4 Å². The van der Waals surface area contributed by atoms with E-state index >= 15 is 0 Å². The van der Waals surface area contributed by atoms with Gasteiger partial charge in [0.2, 0.25) is 5.95 Å². The number of allylic oxidation sites excluding steroid dienone is 1. The Balaban J connectivity index is 1.48. The summed E-state index contributed by atoms with van der Waals surface area (Å²) in [5.41, 5.74) is 3.42. The summed E-state index contributed by atoms with van der Waals surface area (Å²) in [6, 6.07) is 8.44. The Hall–Kier alpha value is -2.40. The van der Waals surface area contributed by atoms with Crippen molar-refractivity contribution in [3.05, 3.63) is 64.6 Å². The molecule has 2 aliphatic rings. The number of aromatic nitrogens is 2. The van der Waals surface area contributed by atoms with Gasteiger partial charge in [-0.2, -0.15) is 0 Å². The first-order valence-electron chi connectivity index (χ1n) is 8.84. The smallest absolute Gasteiger partial charge is 0.222 e. The van der Waals surface area contributed by atoms with E-state index in [1.54, 1.807) is 7.11 Å². The van der Waals surface area contributed by atoms with Gasteiger partial charge in [-0.1, -0.05) is 23.7 Å². The van der Waals surface area contributed by atoms with E-state index in [2.05, 4.69) is 26.3 Å². The molecule has 1 aromatic carbocycles. The summed E-state index contributed by atoms with van der Waals surface area (Å²) in [6.45, 7) is 0. The number of anilines is 1. The standard InChI is InChI=1S/C20H21ClN4O/c1-26-19-18(15-3-2-4-16(21)9-15)8-13(10-22-19)7-14-11-23-20(24-12-14)25-17-5-6-17/h2-4,9-12,17-18H,5-8H2,1H3,(H,23,24,25). The molecule has 1 fully saturated rings. The van der Waals surface area contributed by atoms with E-state index in [0.717, 1.165) is 34.9 Å². The van der Waals surface area contributed by atoms with Crippen molar-refractivity contribution in [1.82, 2.24) is 9.97 Å². The molecule has 0 saturated heterocycles. The predicted octanol–water partition coefficient (Wildman–Crippen LogP) is 4.36. The highest BCUT2D eigenvalue weighted by Crippen LogP contribution is 2.32. The van der Waals surface area contributed by atoms with Gasteiger partial charge in [0.25, 0.3) is 0 Å². The molecule has 1 aliphatic carbocycles. The second-order valence-electron chi connectivity index (χ2n) is 6.78. The Morgan fingerprint density at radius 3 is 2.73 bits per heavy atom. The van der Waals surface area contributed by atoms with Crippen LogP contribution in [0.15, 0.2) is 53.4 Å². The fraction of sp³-hybridized carbons (Fsp3) is 0.350. The highest BCUT2D eigenvalue weighted by Gasteiger charge is 2.25. The molecule has 0 spiro atoms. The van der Waals surface area contributed by atoms with Crippen molar-refractivity contribution in [3.8, 4) is 0 Å². The average molecular weight is 369 g/mol. The molecule has 1 N–H and O–H groups in total. The van der Waals surface area contributed by atoms with Crippen LogP contribution in [0.1, 0.15) is 36.3 Å². The largest absolute Gasteiger partial charge is 0.484 e. The lowest BCUT2D eigenvalue weighted by Crippen LogP contribution is -2.19. The van der Waals surface area contributed by atoms with Gasteiger partial charge in [-0.3, -0.25) is 0 Å². The van der Waals surface area contributed by atoms with Gasteiger partial charge < -0.3 is 10.1 Å². The molecular formula is C20H21ClN4O. The van der Waals surface area contributed by atoms with Gasteiger partial charge in [-0.05, 0) is 54.5 Å². The van der Waals surface area contributed by atoms with Crippen molar-refractivity contribution in [3.63, 3.8) is 0 Å². The quantitative estimate of drug-likeness (QED) is 0.851. The van der Waals surface area contributed by atoms with Crippen LogP contribution < -0.4 is 5.32 Å². The number of hydrogen-bond acceptors (Lipinski definition) is 5. The first-order chi connectivity index (χ1) is 12.7. The van der Waals surface area contributed by atoms with E-state index in [1.165, 1.54) is 18.4 Å². The van der Waals surface area contributed by atoms with Gasteiger partial charge in [0.1, 0.15) is 0 Å². The van der Waals surface area contributed by atoms with Crippen LogP contribution in [0.25, 0.3) is 0 Å². The van der Waals surface area contributed by atoms with Crippen molar-refractivity contribution in [2.24, 2.45) is 4.99 Å². The number of benzene rings is 1. The van der Waals surface area contributed by atoms with E-state index in [-0.39, 0.29) is 5.92 Å². The lowest BCUT2D eigenvalue weighted by atomic mass is 9.88. The van der Waals surface area contributed by atoms with Crippen LogP contribution in [0.4, 0.5) is 5.95 Å². The molecule has 0 amide bonds. The Morgan fingerprint density at radius 2 is 2.04 bits per heavy atom. The molecule has 26 heavy (non-hydrogen) atoms. The van der Waals surface area contributed by atoms with Gasteiger partial charge in [0, 0.05) is 29.7 Å². The average Bonchev–Trinajstić information content (AvgIpc) is 3.47. The van der Waals surface area contributed by atoms with E-state index < -0.39 is 0 Å². The molecule has 1 aromatic heterocycles. The molecule has 134 valence electrons.